The van der Waals surface area contributed by atoms with Crippen LogP contribution in [-0.4, -0.2) is 15.6 Å². The molecule has 2 aromatic heterocycles. The van der Waals surface area contributed by atoms with Gasteiger partial charge in [0, 0.05) is 21.7 Å². The van der Waals surface area contributed by atoms with Crippen LogP contribution in [0.1, 0.15) is 16.1 Å². The molecule has 1 N–H and O–H groups in total. The maximum Gasteiger partial charge on any atom is 0.372 e. The zero-order valence-corrected chi connectivity index (χ0v) is 11.4. The van der Waals surface area contributed by atoms with Crippen LogP contribution in [0, 0.1) is 0 Å². The molecular weight excluding hydrogens is 310 g/mol. The second-order valence-electron chi connectivity index (χ2n) is 4.23. The van der Waals surface area contributed by atoms with Crippen molar-refractivity contribution < 1.29 is 14.3 Å². The number of furan rings is 1. The molecule has 0 atom stereocenters. The van der Waals surface area contributed by atoms with Gasteiger partial charge in [0.15, 0.2) is 0 Å². The second-order valence-corrected chi connectivity index (χ2v) is 5.14. The van der Waals surface area contributed by atoms with E-state index in [-0.39, 0.29) is 5.76 Å². The Labute approximate surface area is 117 Å². The number of aromatic carboxylic acids is 1. The van der Waals surface area contributed by atoms with Crippen LogP contribution in [0.5, 0.6) is 0 Å². The van der Waals surface area contributed by atoms with Gasteiger partial charge in [0.2, 0.25) is 5.76 Å². The highest BCUT2D eigenvalue weighted by molar-refractivity contribution is 9.10. The molecule has 0 amide bonds. The van der Waals surface area contributed by atoms with E-state index in [0.29, 0.717) is 12.1 Å². The van der Waals surface area contributed by atoms with Crippen molar-refractivity contribution >= 4 is 32.8 Å². The number of hydrogen-bond acceptors (Lipinski definition) is 2. The van der Waals surface area contributed by atoms with Gasteiger partial charge in [-0.2, -0.15) is 0 Å². The van der Waals surface area contributed by atoms with Gasteiger partial charge in [-0.25, -0.2) is 4.79 Å². The minimum absolute atomic E-state index is 0.00292. The fraction of sp³-hybridized carbons (Fsp3) is 0.0714. The number of carboxylic acid groups (broad SMARTS) is 1. The summed E-state index contributed by atoms with van der Waals surface area (Å²) in [5.41, 5.74) is 1.71. The molecule has 19 heavy (non-hydrogen) atoms. The Morgan fingerprint density at radius 2 is 2.16 bits per heavy atom. The molecule has 0 radical (unpaired) electrons. The third-order valence-corrected chi connectivity index (χ3v) is 3.51. The van der Waals surface area contributed by atoms with Crippen LogP contribution >= 0.6 is 15.9 Å². The van der Waals surface area contributed by atoms with Crippen LogP contribution in [0.4, 0.5) is 0 Å². The molecule has 4 nitrogen and oxygen atoms in total. The van der Waals surface area contributed by atoms with Gasteiger partial charge in [-0.1, -0.05) is 22.0 Å². The number of carbonyl (C=O) groups is 1. The highest BCUT2D eigenvalue weighted by Gasteiger charge is 2.14. The summed E-state index contributed by atoms with van der Waals surface area (Å²) in [5.74, 6) is -1.05. The van der Waals surface area contributed by atoms with Crippen molar-refractivity contribution in [2.45, 2.75) is 6.54 Å². The molecule has 0 bridgehead atoms. The van der Waals surface area contributed by atoms with Gasteiger partial charge in [0.1, 0.15) is 0 Å². The van der Waals surface area contributed by atoms with Gasteiger partial charge in [0.25, 0.3) is 0 Å². The van der Waals surface area contributed by atoms with E-state index in [1.165, 1.54) is 6.26 Å². The molecule has 5 heteroatoms. The van der Waals surface area contributed by atoms with Gasteiger partial charge >= 0.3 is 5.97 Å². The first-order valence-electron chi connectivity index (χ1n) is 5.69. The van der Waals surface area contributed by atoms with Gasteiger partial charge in [0.05, 0.1) is 12.8 Å². The van der Waals surface area contributed by atoms with Crippen molar-refractivity contribution in [2.75, 3.05) is 0 Å². The lowest BCUT2D eigenvalue weighted by atomic mass is 10.2. The van der Waals surface area contributed by atoms with E-state index in [9.17, 15) is 4.79 Å². The number of nitrogens with zero attached hydrogens (tertiary/aromatic N) is 1. The van der Waals surface area contributed by atoms with E-state index in [0.717, 1.165) is 15.4 Å². The molecule has 0 fully saturated rings. The molecule has 0 unspecified atom stereocenters. The number of halogens is 1. The van der Waals surface area contributed by atoms with Crippen LogP contribution in [0.25, 0.3) is 10.9 Å². The lowest BCUT2D eigenvalue weighted by Gasteiger charge is -2.05. The number of hydrogen-bond donors (Lipinski definition) is 1. The predicted octanol–water partition coefficient (Wildman–Crippen LogP) is 3.74. The molecule has 2 heterocycles. The summed E-state index contributed by atoms with van der Waals surface area (Å²) >= 11 is 3.44. The average molecular weight is 320 g/mol. The maximum absolute atomic E-state index is 11.0. The monoisotopic (exact) mass is 319 g/mol. The van der Waals surface area contributed by atoms with Crippen LogP contribution in [0.2, 0.25) is 0 Å². The summed E-state index contributed by atoms with van der Waals surface area (Å²) in [6.45, 7) is 0.470. The van der Waals surface area contributed by atoms with Crippen molar-refractivity contribution in [1.82, 2.24) is 4.57 Å². The minimum atomic E-state index is -1.04. The lowest BCUT2D eigenvalue weighted by molar-refractivity contribution is 0.0660. The highest BCUT2D eigenvalue weighted by Crippen LogP contribution is 2.22. The number of carboxylic acids is 1. The fourth-order valence-corrected chi connectivity index (χ4v) is 2.48. The van der Waals surface area contributed by atoms with E-state index in [1.54, 1.807) is 6.07 Å². The van der Waals surface area contributed by atoms with Gasteiger partial charge in [-0.3, -0.25) is 0 Å². The Morgan fingerprint density at radius 1 is 1.32 bits per heavy atom. The van der Waals surface area contributed by atoms with E-state index in [4.69, 9.17) is 9.52 Å². The van der Waals surface area contributed by atoms with E-state index >= 15 is 0 Å². The quantitative estimate of drug-likeness (QED) is 0.800. The number of aromatic nitrogens is 1. The number of fused-ring (bicyclic) bond motifs is 1. The molecule has 1 aromatic carbocycles. The molecule has 0 spiro atoms. The summed E-state index contributed by atoms with van der Waals surface area (Å²) in [7, 11) is 0. The van der Waals surface area contributed by atoms with Gasteiger partial charge < -0.3 is 14.1 Å². The third kappa shape index (κ3) is 2.17. The summed E-state index contributed by atoms with van der Waals surface area (Å²) in [5, 5.41) is 10.1. The zero-order valence-electron chi connectivity index (χ0n) is 9.84. The molecule has 0 aliphatic rings. The van der Waals surface area contributed by atoms with Crippen LogP contribution in [0.15, 0.2) is 51.7 Å². The Hall–Kier alpha value is -2.01. The minimum Gasteiger partial charge on any atom is -0.475 e. The van der Waals surface area contributed by atoms with Gasteiger partial charge in [-0.15, -0.1) is 0 Å². The predicted molar refractivity (Wildman–Crippen MR) is 74.4 cm³/mol. The van der Waals surface area contributed by atoms with E-state index in [1.807, 2.05) is 35.0 Å². The Balaban J connectivity index is 2.03. The number of rotatable bonds is 3. The molecule has 3 aromatic rings. The Bertz CT molecular complexity index is 757. The molecule has 0 aliphatic carbocycles. The highest BCUT2D eigenvalue weighted by atomic mass is 79.9. The van der Waals surface area contributed by atoms with E-state index in [2.05, 4.69) is 15.9 Å². The SMILES string of the molecule is O=C(O)c1occc1Cn1ccc2ccc(Br)cc21. The lowest BCUT2D eigenvalue weighted by Crippen LogP contribution is -2.03. The van der Waals surface area contributed by atoms with Crippen molar-refractivity contribution in [3.8, 4) is 0 Å². The van der Waals surface area contributed by atoms with Gasteiger partial charge in [-0.05, 0) is 29.7 Å². The first-order chi connectivity index (χ1) is 9.15. The van der Waals surface area contributed by atoms with E-state index < -0.39 is 5.97 Å². The molecular formula is C14H10BrNO3. The molecule has 0 saturated heterocycles. The Morgan fingerprint density at radius 3 is 2.95 bits per heavy atom. The summed E-state index contributed by atoms with van der Waals surface area (Å²) in [6.07, 6.45) is 3.34. The van der Waals surface area contributed by atoms with Crippen LogP contribution < -0.4 is 0 Å². The van der Waals surface area contributed by atoms with Crippen molar-refractivity contribution in [3.05, 3.63) is 58.6 Å². The average Bonchev–Trinajstić information content (AvgIpc) is 2.97. The molecule has 0 aliphatic heterocycles. The zero-order chi connectivity index (χ0) is 13.4. The molecule has 96 valence electrons. The summed E-state index contributed by atoms with van der Waals surface area (Å²) in [6, 6.07) is 9.70. The summed E-state index contributed by atoms with van der Waals surface area (Å²) in [4.78, 5) is 11.0. The number of benzene rings is 1. The third-order valence-electron chi connectivity index (χ3n) is 3.02. The topological polar surface area (TPSA) is 55.4 Å². The molecule has 3 rings (SSSR count). The fourth-order valence-electron chi connectivity index (χ4n) is 2.13. The van der Waals surface area contributed by atoms with Crippen molar-refractivity contribution in [3.63, 3.8) is 0 Å². The van der Waals surface area contributed by atoms with Crippen LogP contribution in [-0.2, 0) is 6.54 Å². The normalized spacial score (nSPS) is 11.0. The summed E-state index contributed by atoms with van der Waals surface area (Å²) < 4.78 is 7.98. The second kappa shape index (κ2) is 4.59. The van der Waals surface area contributed by atoms with Crippen LogP contribution in [0.3, 0.4) is 0 Å². The largest absolute Gasteiger partial charge is 0.475 e. The van der Waals surface area contributed by atoms with Crippen molar-refractivity contribution in [2.24, 2.45) is 0 Å². The maximum atomic E-state index is 11.0. The first-order valence-corrected chi connectivity index (χ1v) is 6.48. The first kappa shape index (κ1) is 12.0. The standard InChI is InChI=1S/C14H10BrNO3/c15-11-2-1-9-3-5-16(12(9)7-11)8-10-4-6-19-13(10)14(17)18/h1-7H,8H2,(H,17,18). The smallest absolute Gasteiger partial charge is 0.372 e. The van der Waals surface area contributed by atoms with Crippen molar-refractivity contribution in [1.29, 1.82) is 0 Å². The molecule has 0 saturated carbocycles. The Kier molecular flexibility index (Phi) is 2.91.